The van der Waals surface area contributed by atoms with Gasteiger partial charge in [-0.2, -0.15) is 13.2 Å². The molecular weight excluding hydrogens is 1210 g/mol. The summed E-state index contributed by atoms with van der Waals surface area (Å²) < 4.78 is 41.0. The van der Waals surface area contributed by atoms with Crippen molar-refractivity contribution in [3.05, 3.63) is 104 Å². The number of nitrogens with zero attached hydrogens (tertiary/aromatic N) is 7. The van der Waals surface area contributed by atoms with Crippen LogP contribution in [0.3, 0.4) is 0 Å². The molecule has 7 aromatic rings. The van der Waals surface area contributed by atoms with Crippen LogP contribution in [-0.4, -0.2) is 34.9 Å². The second-order valence-electron chi connectivity index (χ2n) is 11.1. The van der Waals surface area contributed by atoms with Crippen molar-refractivity contribution < 1.29 is 13.2 Å². The molecule has 0 aliphatic rings. The molecule has 0 saturated heterocycles. The van der Waals surface area contributed by atoms with Crippen molar-refractivity contribution in [3.8, 4) is 0 Å². The fourth-order valence-electron chi connectivity index (χ4n) is 3.38. The first-order valence-corrected chi connectivity index (χ1v) is 25.7. The lowest BCUT2D eigenvalue weighted by Crippen LogP contribution is -2.03. The summed E-state index contributed by atoms with van der Waals surface area (Å²) in [5, 5.41) is 3.90. The molecule has 21 heteroatoms. The molecule has 0 saturated carbocycles. The van der Waals surface area contributed by atoms with Crippen LogP contribution in [0.25, 0.3) is 0 Å². The monoisotopic (exact) mass is 1250 g/mol. The number of aryl methyl sites for hydroxylation is 13. The summed E-state index contributed by atoms with van der Waals surface area (Å²) in [7, 11) is 0. The Labute approximate surface area is 400 Å². The summed E-state index contributed by atoms with van der Waals surface area (Å²) in [4.78, 5) is 30.4. The topological polar surface area (TPSA) is 90.2 Å². The molecule has 0 spiro atoms. The summed E-state index contributed by atoms with van der Waals surface area (Å²) in [5.41, 5.74) is 12.4. The first-order chi connectivity index (χ1) is 25.9. The van der Waals surface area contributed by atoms with E-state index in [-0.39, 0.29) is 5.69 Å². The van der Waals surface area contributed by atoms with Gasteiger partial charge in [0.25, 0.3) is 0 Å². The van der Waals surface area contributed by atoms with E-state index in [4.69, 9.17) is 0 Å². The van der Waals surface area contributed by atoms with Gasteiger partial charge in [-0.1, -0.05) is 0 Å². The maximum absolute atomic E-state index is 12.0. The molecule has 7 rings (SSSR count). The van der Waals surface area contributed by atoms with E-state index in [2.05, 4.69) is 126 Å². The second-order valence-corrected chi connectivity index (χ2v) is 25.2. The zero-order valence-electron chi connectivity index (χ0n) is 32.9. The fraction of sp³-hybridized carbons (Fsp3) is 0.400. The molecule has 7 heterocycles. The van der Waals surface area contributed by atoms with Crippen LogP contribution in [0.15, 0.2) is 24.1 Å². The van der Waals surface area contributed by atoms with E-state index in [1.807, 2.05) is 78.8 Å². The molecule has 0 radical (unpaired) electrons. The molecule has 0 aliphatic carbocycles. The van der Waals surface area contributed by atoms with Gasteiger partial charge in [0.1, 0.15) is 4.88 Å². The van der Waals surface area contributed by atoms with E-state index < -0.39 is 11.1 Å². The van der Waals surface area contributed by atoms with Gasteiger partial charge < -0.3 is 0 Å². The highest BCUT2D eigenvalue weighted by molar-refractivity contribution is 14.1. The minimum atomic E-state index is -4.24. The summed E-state index contributed by atoms with van der Waals surface area (Å²) in [6, 6.07) is 0. The van der Waals surface area contributed by atoms with Gasteiger partial charge in [-0.05, 0) is 167 Å². The van der Waals surface area contributed by atoms with Crippen LogP contribution < -0.4 is 0 Å². The number of rotatable bonds is 0. The van der Waals surface area contributed by atoms with Crippen molar-refractivity contribution in [2.24, 2.45) is 0 Å². The summed E-state index contributed by atoms with van der Waals surface area (Å²) in [5.74, 6) is 0. The number of thiazole rings is 7. The largest absolute Gasteiger partial charge is 0.427 e. The molecule has 56 heavy (non-hydrogen) atoms. The Kier molecular flexibility index (Phi) is 25.6. The van der Waals surface area contributed by atoms with Crippen LogP contribution in [0, 0.1) is 95.8 Å². The molecule has 0 amide bonds. The lowest BCUT2D eigenvalue weighted by molar-refractivity contribution is -0.134. The van der Waals surface area contributed by atoms with E-state index in [1.165, 1.54) is 33.1 Å². The molecule has 0 aromatic carbocycles. The molecule has 7 aromatic heterocycles. The maximum Gasteiger partial charge on any atom is 0.427 e. The SMILES string of the molecule is Cc1nc(C)c(Br)s1.Cc1nc(C)c(C(F)(F)F)s1.Cc1nc(C)c(C)s1.Cc1nc(C)c(I)s1.Cc1ncsc1Br.Cc1ncsc1C.Cc1ncsc1I. The highest BCUT2D eigenvalue weighted by Gasteiger charge is 2.35. The van der Waals surface area contributed by atoms with Gasteiger partial charge in [-0.15, -0.1) is 79.4 Å². The zero-order chi connectivity index (χ0) is 42.9. The van der Waals surface area contributed by atoms with Crippen LogP contribution >= 0.6 is 156 Å². The zero-order valence-corrected chi connectivity index (χ0v) is 46.1. The molecule has 0 N–H and O–H groups in total. The maximum atomic E-state index is 12.0. The van der Waals surface area contributed by atoms with Crippen LogP contribution in [0.2, 0.25) is 0 Å². The van der Waals surface area contributed by atoms with Gasteiger partial charge in [-0.3, -0.25) is 0 Å². The molecule has 0 fully saturated rings. The lowest BCUT2D eigenvalue weighted by Gasteiger charge is -2.01. The fourth-order valence-corrected chi connectivity index (χ4v) is 10.6. The first-order valence-electron chi connectivity index (χ1n) is 16.0. The van der Waals surface area contributed by atoms with E-state index in [0.717, 1.165) is 46.1 Å². The van der Waals surface area contributed by atoms with Gasteiger partial charge in [0, 0.05) is 9.75 Å². The van der Waals surface area contributed by atoms with Crippen molar-refractivity contribution in [2.75, 3.05) is 0 Å². The predicted molar refractivity (Wildman–Crippen MR) is 262 cm³/mol. The van der Waals surface area contributed by atoms with Crippen LogP contribution in [-0.2, 0) is 6.18 Å². The Morgan fingerprint density at radius 3 is 1.05 bits per heavy atom. The third-order valence-corrected chi connectivity index (χ3v) is 17.6. The lowest BCUT2D eigenvalue weighted by atomic mass is 10.4. The Morgan fingerprint density at radius 2 is 0.911 bits per heavy atom. The minimum Gasteiger partial charge on any atom is -0.250 e. The second kappa shape index (κ2) is 26.7. The third kappa shape index (κ3) is 21.2. The number of aromatic nitrogens is 7. The van der Waals surface area contributed by atoms with Crippen molar-refractivity contribution in [2.45, 2.75) is 96.2 Å². The third-order valence-electron chi connectivity index (χ3n) is 6.35. The quantitative estimate of drug-likeness (QED) is 0.140. The summed E-state index contributed by atoms with van der Waals surface area (Å²) >= 11 is 22.1. The minimum absolute atomic E-state index is 0.0694. The highest BCUT2D eigenvalue weighted by atomic mass is 127. The Balaban J connectivity index is 0.000000328. The Hall–Kier alpha value is -0.380. The van der Waals surface area contributed by atoms with E-state index in [1.54, 1.807) is 74.9 Å². The van der Waals surface area contributed by atoms with E-state index in [0.29, 0.717) is 16.3 Å². The number of hydrogen-bond donors (Lipinski definition) is 0. The first kappa shape index (κ1) is 53.6. The Morgan fingerprint density at radius 1 is 0.446 bits per heavy atom. The van der Waals surface area contributed by atoms with Crippen molar-refractivity contribution >= 4 is 156 Å². The normalized spacial score (nSPS) is 10.1. The highest BCUT2D eigenvalue weighted by Crippen LogP contribution is 2.35. The van der Waals surface area contributed by atoms with E-state index >= 15 is 0 Å². The molecular formula is C35H42Br2F3I2N7S7. The van der Waals surface area contributed by atoms with Crippen molar-refractivity contribution in [3.63, 3.8) is 0 Å². The van der Waals surface area contributed by atoms with Gasteiger partial charge in [-0.25, -0.2) is 34.9 Å². The molecule has 0 atom stereocenters. The standard InChI is InChI=1S/C6H6F3NS.C6H9NS.C5H6BrNS.C5H6INS.C5H7NS.C4H4BrNS.C4H4INS/c1-3-5(6(7,8)9)11-4(2)10-3;1-4-5(2)8-6(3)7-4;2*1-3-5(6)8-4(2)7-3;1-4-5(2)7-3-6-4;2*1-3-4(5)7-2-6-3/h1-2H3;1-3H3;2*1-2H3;3H,1-2H3;2*2H,1H3. The summed E-state index contributed by atoms with van der Waals surface area (Å²) in [6.45, 7) is 25.2. The number of halogens is 7. The summed E-state index contributed by atoms with van der Waals surface area (Å²) in [6.07, 6.45) is -4.24. The van der Waals surface area contributed by atoms with Gasteiger partial charge in [0.2, 0.25) is 0 Å². The van der Waals surface area contributed by atoms with Crippen molar-refractivity contribution in [1.29, 1.82) is 0 Å². The van der Waals surface area contributed by atoms with Gasteiger partial charge in [0.15, 0.2) is 0 Å². The average molecular weight is 1260 g/mol. The predicted octanol–water partition coefficient (Wildman–Crippen LogP) is 15.8. The van der Waals surface area contributed by atoms with E-state index in [9.17, 15) is 13.2 Å². The van der Waals surface area contributed by atoms with Crippen LogP contribution in [0.4, 0.5) is 13.2 Å². The molecule has 0 bridgehead atoms. The number of hydrogen-bond acceptors (Lipinski definition) is 14. The molecule has 0 aliphatic heterocycles. The van der Waals surface area contributed by atoms with Crippen LogP contribution in [0.5, 0.6) is 0 Å². The number of alkyl halides is 3. The molecule has 7 nitrogen and oxygen atoms in total. The molecule has 0 unspecified atom stereocenters. The van der Waals surface area contributed by atoms with Crippen LogP contribution in [0.1, 0.15) is 74.5 Å². The average Bonchev–Trinajstić information content (AvgIpc) is 3.97. The van der Waals surface area contributed by atoms with Crippen molar-refractivity contribution in [1.82, 2.24) is 34.9 Å². The Bertz CT molecular complexity index is 1880. The van der Waals surface area contributed by atoms with Gasteiger partial charge >= 0.3 is 6.18 Å². The smallest absolute Gasteiger partial charge is 0.250 e. The van der Waals surface area contributed by atoms with Gasteiger partial charge in [0.05, 0.1) is 89.8 Å². The molecule has 308 valence electrons.